The number of halogens is 2. The van der Waals surface area contributed by atoms with Crippen LogP contribution in [-0.2, 0) is 0 Å². The van der Waals surface area contributed by atoms with Crippen LogP contribution in [0.4, 0.5) is 4.39 Å². The number of nitriles is 1. The Labute approximate surface area is 147 Å². The maximum Gasteiger partial charge on any atom is 0.165 e. The largest absolute Gasteiger partial charge is 0.496 e. The van der Waals surface area contributed by atoms with Crippen molar-refractivity contribution in [3.8, 4) is 28.7 Å². The first kappa shape index (κ1) is 16.3. The van der Waals surface area contributed by atoms with Gasteiger partial charge < -0.3 is 9.47 Å². The van der Waals surface area contributed by atoms with Crippen LogP contribution in [0.1, 0.15) is 5.56 Å². The van der Waals surface area contributed by atoms with E-state index in [9.17, 15) is 9.65 Å². The van der Waals surface area contributed by atoms with Crippen molar-refractivity contribution >= 4 is 26.7 Å². The van der Waals surface area contributed by atoms with Gasteiger partial charge in [0.25, 0.3) is 0 Å². The summed E-state index contributed by atoms with van der Waals surface area (Å²) in [5.74, 6) is 0.374. The van der Waals surface area contributed by atoms with Crippen LogP contribution in [0.3, 0.4) is 0 Å². The number of fused-ring (bicyclic) bond motifs is 1. The predicted molar refractivity (Wildman–Crippen MR) is 94.9 cm³/mol. The molecule has 3 nitrogen and oxygen atoms in total. The van der Waals surface area contributed by atoms with Crippen LogP contribution in [-0.4, -0.2) is 14.2 Å². The standard InChI is InChI=1S/C19H13BrFNO2/c1-23-17-6-4-12(8-16(17)21)11-3-5-14-15(7-11)13(10-22)9-18(24-2)19(14)20/h3-9H,1-2H3. The third-order valence-electron chi connectivity index (χ3n) is 3.86. The molecule has 0 unspecified atom stereocenters. The molecule has 0 atom stereocenters. The van der Waals surface area contributed by atoms with E-state index in [2.05, 4.69) is 22.0 Å². The van der Waals surface area contributed by atoms with E-state index in [0.717, 1.165) is 20.8 Å². The van der Waals surface area contributed by atoms with E-state index in [4.69, 9.17) is 9.47 Å². The fraction of sp³-hybridized carbons (Fsp3) is 0.105. The van der Waals surface area contributed by atoms with E-state index in [1.807, 2.05) is 18.2 Å². The average molecular weight is 386 g/mol. The lowest BCUT2D eigenvalue weighted by Crippen LogP contribution is -1.91. The number of methoxy groups -OCH3 is 2. The van der Waals surface area contributed by atoms with Gasteiger partial charge in [0.05, 0.1) is 30.3 Å². The van der Waals surface area contributed by atoms with E-state index in [0.29, 0.717) is 16.9 Å². The highest BCUT2D eigenvalue weighted by atomic mass is 79.9. The van der Waals surface area contributed by atoms with Crippen LogP contribution in [0.15, 0.2) is 46.9 Å². The number of ether oxygens (including phenoxy) is 2. The fourth-order valence-electron chi connectivity index (χ4n) is 2.63. The summed E-state index contributed by atoms with van der Waals surface area (Å²) in [4.78, 5) is 0. The Morgan fingerprint density at radius 1 is 0.917 bits per heavy atom. The predicted octanol–water partition coefficient (Wildman–Crippen LogP) is 5.30. The molecular weight excluding hydrogens is 373 g/mol. The quantitative estimate of drug-likeness (QED) is 0.614. The zero-order valence-electron chi connectivity index (χ0n) is 13.1. The van der Waals surface area contributed by atoms with Crippen molar-refractivity contribution in [3.05, 3.63) is 58.3 Å². The first-order valence-corrected chi connectivity index (χ1v) is 7.92. The van der Waals surface area contributed by atoms with Crippen LogP contribution in [0.2, 0.25) is 0 Å². The van der Waals surface area contributed by atoms with Crippen LogP contribution in [0, 0.1) is 17.1 Å². The van der Waals surface area contributed by atoms with Crippen molar-refractivity contribution in [1.29, 1.82) is 5.26 Å². The van der Waals surface area contributed by atoms with Crippen LogP contribution in [0.5, 0.6) is 11.5 Å². The Morgan fingerprint density at radius 2 is 1.58 bits per heavy atom. The average Bonchev–Trinajstić information content (AvgIpc) is 2.61. The summed E-state index contributed by atoms with van der Waals surface area (Å²) in [6.07, 6.45) is 0. The number of rotatable bonds is 3. The van der Waals surface area contributed by atoms with Gasteiger partial charge in [0.2, 0.25) is 0 Å². The number of hydrogen-bond acceptors (Lipinski definition) is 3. The molecule has 0 aliphatic rings. The third kappa shape index (κ3) is 2.70. The number of nitrogens with zero attached hydrogens (tertiary/aromatic N) is 1. The van der Waals surface area contributed by atoms with E-state index in [-0.39, 0.29) is 5.75 Å². The summed E-state index contributed by atoms with van der Waals surface area (Å²) >= 11 is 3.51. The first-order chi connectivity index (χ1) is 11.6. The lowest BCUT2D eigenvalue weighted by atomic mass is 9.98. The molecule has 0 heterocycles. The third-order valence-corrected chi connectivity index (χ3v) is 4.68. The van der Waals surface area contributed by atoms with Gasteiger partial charge in [0.15, 0.2) is 11.6 Å². The van der Waals surface area contributed by atoms with Gasteiger partial charge in [-0.2, -0.15) is 5.26 Å². The van der Waals surface area contributed by atoms with Crippen molar-refractivity contribution in [2.24, 2.45) is 0 Å². The monoisotopic (exact) mass is 385 g/mol. The Balaban J connectivity index is 2.22. The molecule has 0 radical (unpaired) electrons. The fourth-order valence-corrected chi connectivity index (χ4v) is 3.25. The minimum absolute atomic E-state index is 0.199. The molecule has 3 aromatic carbocycles. The smallest absolute Gasteiger partial charge is 0.165 e. The molecule has 5 heteroatoms. The molecule has 0 saturated carbocycles. The van der Waals surface area contributed by atoms with E-state index in [1.165, 1.54) is 13.2 Å². The van der Waals surface area contributed by atoms with Crippen molar-refractivity contribution in [2.75, 3.05) is 14.2 Å². The zero-order chi connectivity index (χ0) is 17.3. The van der Waals surface area contributed by atoms with Crippen molar-refractivity contribution < 1.29 is 13.9 Å². The summed E-state index contributed by atoms with van der Waals surface area (Å²) in [5.41, 5.74) is 2.03. The molecule has 0 amide bonds. The van der Waals surface area contributed by atoms with Crippen LogP contribution in [0.25, 0.3) is 21.9 Å². The SMILES string of the molecule is COc1ccc(-c2ccc3c(Br)c(OC)cc(C#N)c3c2)cc1F. The van der Waals surface area contributed by atoms with Crippen LogP contribution < -0.4 is 9.47 Å². The van der Waals surface area contributed by atoms with E-state index in [1.54, 1.807) is 25.3 Å². The minimum atomic E-state index is -0.425. The maximum atomic E-state index is 14.0. The van der Waals surface area contributed by atoms with Gasteiger partial charge in [-0.1, -0.05) is 18.2 Å². The van der Waals surface area contributed by atoms with Gasteiger partial charge >= 0.3 is 0 Å². The zero-order valence-corrected chi connectivity index (χ0v) is 14.6. The van der Waals surface area contributed by atoms with Gasteiger partial charge in [0, 0.05) is 10.8 Å². The van der Waals surface area contributed by atoms with Crippen molar-refractivity contribution in [1.82, 2.24) is 0 Å². The van der Waals surface area contributed by atoms with E-state index < -0.39 is 5.82 Å². The van der Waals surface area contributed by atoms with Crippen molar-refractivity contribution in [2.45, 2.75) is 0 Å². The highest BCUT2D eigenvalue weighted by molar-refractivity contribution is 9.10. The molecule has 0 spiro atoms. The normalized spacial score (nSPS) is 10.5. The minimum Gasteiger partial charge on any atom is -0.496 e. The highest BCUT2D eigenvalue weighted by Crippen LogP contribution is 2.37. The summed E-state index contributed by atoms with van der Waals surface area (Å²) in [7, 11) is 2.99. The van der Waals surface area contributed by atoms with Gasteiger partial charge in [-0.25, -0.2) is 4.39 Å². The lowest BCUT2D eigenvalue weighted by Gasteiger charge is -2.11. The van der Waals surface area contributed by atoms with Gasteiger partial charge in [-0.05, 0) is 51.3 Å². The number of hydrogen-bond donors (Lipinski definition) is 0. The maximum absolute atomic E-state index is 14.0. The molecule has 0 saturated heterocycles. The molecule has 24 heavy (non-hydrogen) atoms. The second-order valence-corrected chi connectivity index (χ2v) is 5.95. The Kier molecular flexibility index (Phi) is 4.41. The molecule has 0 aliphatic heterocycles. The Bertz CT molecular complexity index is 979. The molecule has 0 fully saturated rings. The van der Waals surface area contributed by atoms with Gasteiger partial charge in [-0.3, -0.25) is 0 Å². The second kappa shape index (κ2) is 6.50. The van der Waals surface area contributed by atoms with E-state index >= 15 is 0 Å². The molecule has 120 valence electrons. The first-order valence-electron chi connectivity index (χ1n) is 7.13. The summed E-state index contributed by atoms with van der Waals surface area (Å²) in [6.45, 7) is 0. The van der Waals surface area contributed by atoms with Crippen molar-refractivity contribution in [3.63, 3.8) is 0 Å². The topological polar surface area (TPSA) is 42.2 Å². The van der Waals surface area contributed by atoms with Crippen LogP contribution >= 0.6 is 15.9 Å². The molecule has 0 aromatic heterocycles. The lowest BCUT2D eigenvalue weighted by molar-refractivity contribution is 0.386. The summed E-state index contributed by atoms with van der Waals surface area (Å²) in [5, 5.41) is 11.1. The molecule has 0 bridgehead atoms. The number of benzene rings is 3. The second-order valence-electron chi connectivity index (χ2n) is 5.16. The molecule has 3 aromatic rings. The molecule has 0 N–H and O–H groups in total. The van der Waals surface area contributed by atoms with Gasteiger partial charge in [-0.15, -0.1) is 0 Å². The molecular formula is C19H13BrFNO2. The van der Waals surface area contributed by atoms with Gasteiger partial charge in [0.1, 0.15) is 5.75 Å². The summed E-state index contributed by atoms with van der Waals surface area (Å²) < 4.78 is 25.0. The highest BCUT2D eigenvalue weighted by Gasteiger charge is 2.13. The molecule has 3 rings (SSSR count). The molecule has 0 aliphatic carbocycles. The Hall–Kier alpha value is -2.58. The summed E-state index contributed by atoms with van der Waals surface area (Å²) in [6, 6.07) is 14.3. The Morgan fingerprint density at radius 3 is 2.21 bits per heavy atom.